The molecule has 4 heteroatoms. The highest BCUT2D eigenvalue weighted by atomic mass is 16.4. The molecule has 0 aromatic carbocycles. The maximum absolute atomic E-state index is 12.2. The Kier molecular flexibility index (Phi) is 6.45. The molecule has 0 amide bonds. The van der Waals surface area contributed by atoms with Gasteiger partial charge in [0.2, 0.25) is 0 Å². The smallest absolute Gasteiger partial charge is 0.310 e. The van der Waals surface area contributed by atoms with Crippen molar-refractivity contribution < 1.29 is 19.8 Å². The monoisotopic (exact) mass is 312 g/mol. The Balaban J connectivity index is 3.24. The number of rotatable bonds is 8. The molecule has 1 fully saturated rings. The third-order valence-corrected chi connectivity index (χ3v) is 5.49. The Morgan fingerprint density at radius 1 is 0.818 bits per heavy atom. The molecule has 128 valence electrons. The topological polar surface area (TPSA) is 74.6 Å². The lowest BCUT2D eigenvalue weighted by atomic mass is 9.52. The molecule has 0 aromatic heterocycles. The highest BCUT2D eigenvalue weighted by Crippen LogP contribution is 2.57. The molecule has 22 heavy (non-hydrogen) atoms. The van der Waals surface area contributed by atoms with Gasteiger partial charge in [-0.2, -0.15) is 0 Å². The van der Waals surface area contributed by atoms with Crippen molar-refractivity contribution >= 4 is 11.9 Å². The van der Waals surface area contributed by atoms with Crippen LogP contribution < -0.4 is 0 Å². The Hall–Kier alpha value is -1.06. The van der Waals surface area contributed by atoms with Crippen molar-refractivity contribution in [1.82, 2.24) is 0 Å². The van der Waals surface area contributed by atoms with Crippen LogP contribution in [0.1, 0.15) is 79.1 Å². The normalized spacial score (nSPS) is 29.0. The third kappa shape index (κ3) is 3.64. The molecule has 0 radical (unpaired) electrons. The van der Waals surface area contributed by atoms with Crippen LogP contribution in [0.5, 0.6) is 0 Å². The SMILES string of the molecule is CC(C)CCC1(C(=O)O)CCCCC1(CCC(C)C)C(=O)O. The van der Waals surface area contributed by atoms with Gasteiger partial charge in [-0.3, -0.25) is 9.59 Å². The van der Waals surface area contributed by atoms with Crippen molar-refractivity contribution in [3.05, 3.63) is 0 Å². The third-order valence-electron chi connectivity index (χ3n) is 5.49. The van der Waals surface area contributed by atoms with Gasteiger partial charge in [0.1, 0.15) is 0 Å². The summed E-state index contributed by atoms with van der Waals surface area (Å²) in [6, 6.07) is 0. The molecule has 0 saturated heterocycles. The number of carbonyl (C=O) groups is 2. The van der Waals surface area contributed by atoms with Crippen LogP contribution in [-0.4, -0.2) is 22.2 Å². The van der Waals surface area contributed by atoms with E-state index in [2.05, 4.69) is 27.7 Å². The quantitative estimate of drug-likeness (QED) is 0.688. The Morgan fingerprint density at radius 3 is 1.36 bits per heavy atom. The van der Waals surface area contributed by atoms with Gasteiger partial charge >= 0.3 is 11.9 Å². The minimum absolute atomic E-state index is 0.384. The van der Waals surface area contributed by atoms with E-state index in [4.69, 9.17) is 0 Å². The number of aliphatic carboxylic acids is 2. The maximum Gasteiger partial charge on any atom is 0.310 e. The van der Waals surface area contributed by atoms with Crippen molar-refractivity contribution in [2.45, 2.75) is 79.1 Å². The zero-order valence-electron chi connectivity index (χ0n) is 14.5. The van der Waals surface area contributed by atoms with Gasteiger partial charge in [0, 0.05) is 0 Å². The van der Waals surface area contributed by atoms with Gasteiger partial charge in [0.05, 0.1) is 10.8 Å². The second-order valence-electron chi connectivity index (χ2n) is 7.85. The van der Waals surface area contributed by atoms with E-state index in [1.54, 1.807) is 0 Å². The summed E-state index contributed by atoms with van der Waals surface area (Å²) in [5.41, 5.74) is -2.20. The lowest BCUT2D eigenvalue weighted by molar-refractivity contribution is -0.182. The molecule has 2 N–H and O–H groups in total. The molecular formula is C18H32O4. The summed E-state index contributed by atoms with van der Waals surface area (Å²) in [6.07, 6.45) is 5.13. The standard InChI is InChI=1S/C18H32O4/c1-13(2)7-11-17(15(19)20)9-5-6-10-18(17,16(21)22)12-8-14(3)4/h13-14H,5-12H2,1-4H3,(H,19,20)(H,21,22). The highest BCUT2D eigenvalue weighted by Gasteiger charge is 2.61. The summed E-state index contributed by atoms with van der Waals surface area (Å²) >= 11 is 0. The zero-order chi connectivity index (χ0) is 17.0. The van der Waals surface area contributed by atoms with E-state index in [0.717, 1.165) is 25.7 Å². The molecule has 0 aromatic rings. The molecule has 2 atom stereocenters. The molecule has 1 aliphatic rings. The molecule has 1 saturated carbocycles. The van der Waals surface area contributed by atoms with E-state index >= 15 is 0 Å². The Bertz CT molecular complexity index is 364. The Morgan fingerprint density at radius 2 is 1.14 bits per heavy atom. The van der Waals surface area contributed by atoms with Crippen molar-refractivity contribution in [3.63, 3.8) is 0 Å². The Labute approximate surface area is 134 Å². The van der Waals surface area contributed by atoms with Gasteiger partial charge in [-0.1, -0.05) is 40.5 Å². The van der Waals surface area contributed by atoms with Crippen LogP contribution in [0.2, 0.25) is 0 Å². The minimum atomic E-state index is -1.10. The van der Waals surface area contributed by atoms with E-state index < -0.39 is 22.8 Å². The van der Waals surface area contributed by atoms with Gasteiger partial charge < -0.3 is 10.2 Å². The molecule has 0 spiro atoms. The average molecular weight is 312 g/mol. The van der Waals surface area contributed by atoms with E-state index in [0.29, 0.717) is 37.5 Å². The summed E-state index contributed by atoms with van der Waals surface area (Å²) in [4.78, 5) is 24.4. The fourth-order valence-electron chi connectivity index (χ4n) is 3.97. The summed E-state index contributed by atoms with van der Waals surface area (Å²) in [7, 11) is 0. The van der Waals surface area contributed by atoms with Crippen molar-refractivity contribution in [2.24, 2.45) is 22.7 Å². The number of hydrogen-bond donors (Lipinski definition) is 2. The largest absolute Gasteiger partial charge is 0.481 e. The molecular weight excluding hydrogens is 280 g/mol. The second-order valence-corrected chi connectivity index (χ2v) is 7.85. The van der Waals surface area contributed by atoms with Crippen LogP contribution in [0.4, 0.5) is 0 Å². The van der Waals surface area contributed by atoms with Crippen LogP contribution >= 0.6 is 0 Å². The van der Waals surface area contributed by atoms with Crippen LogP contribution in [-0.2, 0) is 9.59 Å². The summed E-state index contributed by atoms with van der Waals surface area (Å²) in [5.74, 6) is -1.04. The number of carboxylic acids is 2. The van der Waals surface area contributed by atoms with Gasteiger partial charge in [-0.05, 0) is 50.4 Å². The lowest BCUT2D eigenvalue weighted by Crippen LogP contribution is -2.54. The van der Waals surface area contributed by atoms with Crippen LogP contribution in [0.15, 0.2) is 0 Å². The van der Waals surface area contributed by atoms with E-state index in [9.17, 15) is 19.8 Å². The molecule has 2 unspecified atom stereocenters. The van der Waals surface area contributed by atoms with Crippen molar-refractivity contribution in [3.8, 4) is 0 Å². The van der Waals surface area contributed by atoms with E-state index in [1.165, 1.54) is 0 Å². The first-order valence-corrected chi connectivity index (χ1v) is 8.65. The van der Waals surface area contributed by atoms with Gasteiger partial charge in [0.15, 0.2) is 0 Å². The van der Waals surface area contributed by atoms with Crippen LogP contribution in [0.25, 0.3) is 0 Å². The first kappa shape index (κ1) is 19.0. The predicted octanol–water partition coefficient (Wildman–Crippen LogP) is 4.57. The molecule has 4 nitrogen and oxygen atoms in total. The lowest BCUT2D eigenvalue weighted by Gasteiger charge is -2.49. The van der Waals surface area contributed by atoms with E-state index in [1.807, 2.05) is 0 Å². The van der Waals surface area contributed by atoms with Crippen molar-refractivity contribution in [2.75, 3.05) is 0 Å². The maximum atomic E-state index is 12.2. The highest BCUT2D eigenvalue weighted by molar-refractivity contribution is 5.87. The van der Waals surface area contributed by atoms with Gasteiger partial charge in [-0.25, -0.2) is 0 Å². The first-order chi connectivity index (χ1) is 10.2. The number of hydrogen-bond acceptors (Lipinski definition) is 2. The zero-order valence-corrected chi connectivity index (χ0v) is 14.5. The fraction of sp³-hybridized carbons (Fsp3) is 0.889. The summed E-state index contributed by atoms with van der Waals surface area (Å²) < 4.78 is 0. The fourth-order valence-corrected chi connectivity index (χ4v) is 3.97. The van der Waals surface area contributed by atoms with Crippen LogP contribution in [0.3, 0.4) is 0 Å². The van der Waals surface area contributed by atoms with Gasteiger partial charge in [-0.15, -0.1) is 0 Å². The first-order valence-electron chi connectivity index (χ1n) is 8.65. The molecule has 0 bridgehead atoms. The van der Waals surface area contributed by atoms with Crippen LogP contribution in [0, 0.1) is 22.7 Å². The molecule has 0 heterocycles. The second kappa shape index (κ2) is 7.47. The van der Waals surface area contributed by atoms with Gasteiger partial charge in [0.25, 0.3) is 0 Å². The summed E-state index contributed by atoms with van der Waals surface area (Å²) in [5, 5.41) is 20.0. The summed E-state index contributed by atoms with van der Waals surface area (Å²) in [6.45, 7) is 8.26. The molecule has 1 aliphatic carbocycles. The number of carboxylic acid groups (broad SMARTS) is 2. The molecule has 1 rings (SSSR count). The minimum Gasteiger partial charge on any atom is -0.481 e. The van der Waals surface area contributed by atoms with Crippen molar-refractivity contribution in [1.29, 1.82) is 0 Å². The predicted molar refractivity (Wildman–Crippen MR) is 86.7 cm³/mol. The molecule has 0 aliphatic heterocycles. The average Bonchev–Trinajstić information content (AvgIpc) is 2.42. The van der Waals surface area contributed by atoms with E-state index in [-0.39, 0.29) is 0 Å².